The summed E-state index contributed by atoms with van der Waals surface area (Å²) in [5.74, 6) is 4.21. The van der Waals surface area contributed by atoms with Gasteiger partial charge in [-0.25, -0.2) is 0 Å². The Morgan fingerprint density at radius 3 is 2.86 bits per heavy atom. The van der Waals surface area contributed by atoms with E-state index < -0.39 is 0 Å². The molecule has 21 heavy (non-hydrogen) atoms. The Hall–Kier alpha value is -0.670. The van der Waals surface area contributed by atoms with E-state index in [1.807, 2.05) is 6.07 Å². The van der Waals surface area contributed by atoms with Crippen LogP contribution in [0.25, 0.3) is 0 Å². The molecule has 1 N–H and O–H groups in total. The Morgan fingerprint density at radius 1 is 1.29 bits per heavy atom. The Labute approximate surface area is 135 Å². The zero-order chi connectivity index (χ0) is 15.3. The fourth-order valence-corrected chi connectivity index (χ4v) is 3.17. The van der Waals surface area contributed by atoms with Crippen molar-refractivity contribution in [3.63, 3.8) is 0 Å². The van der Waals surface area contributed by atoms with Gasteiger partial charge >= 0.3 is 0 Å². The van der Waals surface area contributed by atoms with Crippen LogP contribution in [0, 0.1) is 5.92 Å². The van der Waals surface area contributed by atoms with Crippen molar-refractivity contribution in [2.45, 2.75) is 39.5 Å². The van der Waals surface area contributed by atoms with Gasteiger partial charge in [-0.05, 0) is 73.9 Å². The first-order valence-corrected chi connectivity index (χ1v) is 9.37. The number of ether oxygens (including phenoxy) is 1. The molecule has 2 nitrogen and oxygen atoms in total. The van der Waals surface area contributed by atoms with E-state index in [1.165, 1.54) is 36.3 Å². The van der Waals surface area contributed by atoms with Crippen LogP contribution in [0.3, 0.4) is 0 Å². The van der Waals surface area contributed by atoms with Gasteiger partial charge < -0.3 is 10.1 Å². The fraction of sp³-hybridized carbons (Fsp3) is 0.667. The van der Waals surface area contributed by atoms with Gasteiger partial charge in [0.1, 0.15) is 5.75 Å². The number of nitrogens with one attached hydrogen (secondary N) is 1. The number of rotatable bonds is 12. The minimum atomic E-state index is 0.723. The first-order valence-electron chi connectivity index (χ1n) is 8.21. The van der Waals surface area contributed by atoms with Gasteiger partial charge in [0.2, 0.25) is 0 Å². The third kappa shape index (κ3) is 8.37. The molecule has 1 aromatic carbocycles. The minimum absolute atomic E-state index is 0.723. The maximum Gasteiger partial charge on any atom is 0.119 e. The van der Waals surface area contributed by atoms with Gasteiger partial charge in [-0.2, -0.15) is 11.8 Å². The second-order valence-corrected chi connectivity index (χ2v) is 6.86. The normalized spacial score (nSPS) is 12.3. The lowest BCUT2D eigenvalue weighted by atomic mass is 9.95. The topological polar surface area (TPSA) is 21.3 Å². The SMILES string of the molecule is CCCNCC(CCCSCC)Cc1cccc(OC)c1. The second-order valence-electron chi connectivity index (χ2n) is 5.46. The third-order valence-electron chi connectivity index (χ3n) is 3.62. The molecule has 0 heterocycles. The molecule has 0 amide bonds. The molecule has 0 fully saturated rings. The first-order chi connectivity index (χ1) is 10.3. The zero-order valence-electron chi connectivity index (χ0n) is 13.9. The van der Waals surface area contributed by atoms with E-state index in [2.05, 4.69) is 49.1 Å². The van der Waals surface area contributed by atoms with E-state index in [-0.39, 0.29) is 0 Å². The number of hydrogen-bond acceptors (Lipinski definition) is 3. The molecule has 0 bridgehead atoms. The van der Waals surface area contributed by atoms with E-state index in [1.54, 1.807) is 7.11 Å². The Kier molecular flexibility index (Phi) is 10.4. The highest BCUT2D eigenvalue weighted by atomic mass is 32.2. The molecule has 1 unspecified atom stereocenters. The summed E-state index contributed by atoms with van der Waals surface area (Å²) < 4.78 is 5.33. The monoisotopic (exact) mass is 309 g/mol. The molecular weight excluding hydrogens is 278 g/mol. The molecule has 0 aliphatic rings. The van der Waals surface area contributed by atoms with Gasteiger partial charge in [-0.1, -0.05) is 26.0 Å². The maximum atomic E-state index is 5.33. The molecule has 1 rings (SSSR count). The minimum Gasteiger partial charge on any atom is -0.497 e. The van der Waals surface area contributed by atoms with Crippen molar-refractivity contribution >= 4 is 11.8 Å². The standard InChI is InChI=1S/C18H31NOS/c1-4-11-19-15-17(9-7-12-21-5-2)13-16-8-6-10-18(14-16)20-3/h6,8,10,14,17,19H,4-5,7,9,11-13,15H2,1-3H3. The lowest BCUT2D eigenvalue weighted by Crippen LogP contribution is -2.25. The van der Waals surface area contributed by atoms with E-state index in [9.17, 15) is 0 Å². The van der Waals surface area contributed by atoms with Gasteiger partial charge in [-0.15, -0.1) is 0 Å². The Balaban J connectivity index is 2.48. The van der Waals surface area contributed by atoms with Crippen LogP contribution in [-0.2, 0) is 6.42 Å². The van der Waals surface area contributed by atoms with Crippen molar-refractivity contribution in [1.82, 2.24) is 5.32 Å². The number of benzene rings is 1. The summed E-state index contributed by atoms with van der Waals surface area (Å²) in [5, 5.41) is 3.59. The molecule has 0 saturated carbocycles. The predicted molar refractivity (Wildman–Crippen MR) is 95.6 cm³/mol. The summed E-state index contributed by atoms with van der Waals surface area (Å²) in [5.41, 5.74) is 1.39. The largest absolute Gasteiger partial charge is 0.497 e. The van der Waals surface area contributed by atoms with Crippen LogP contribution in [0.2, 0.25) is 0 Å². The third-order valence-corrected chi connectivity index (χ3v) is 4.61. The van der Waals surface area contributed by atoms with Crippen LogP contribution in [-0.4, -0.2) is 31.7 Å². The maximum absolute atomic E-state index is 5.33. The summed E-state index contributed by atoms with van der Waals surface area (Å²) in [7, 11) is 1.74. The molecule has 3 heteroatoms. The van der Waals surface area contributed by atoms with E-state index >= 15 is 0 Å². The molecule has 0 spiro atoms. The van der Waals surface area contributed by atoms with Gasteiger partial charge in [0.25, 0.3) is 0 Å². The summed E-state index contributed by atoms with van der Waals surface area (Å²) >= 11 is 2.05. The molecule has 0 aromatic heterocycles. The molecule has 0 radical (unpaired) electrons. The fourth-order valence-electron chi connectivity index (χ4n) is 2.51. The van der Waals surface area contributed by atoms with Crippen LogP contribution in [0.15, 0.2) is 24.3 Å². The Bertz CT molecular complexity index is 370. The van der Waals surface area contributed by atoms with Crippen LogP contribution >= 0.6 is 11.8 Å². The van der Waals surface area contributed by atoms with Crippen LogP contribution in [0.1, 0.15) is 38.7 Å². The second kappa shape index (κ2) is 11.9. The molecule has 0 aliphatic heterocycles. The van der Waals surface area contributed by atoms with E-state index in [4.69, 9.17) is 4.74 Å². The molecular formula is C18H31NOS. The summed E-state index contributed by atoms with van der Waals surface area (Å²) in [4.78, 5) is 0. The first kappa shape index (κ1) is 18.4. The summed E-state index contributed by atoms with van der Waals surface area (Å²) in [6, 6.07) is 8.51. The number of hydrogen-bond donors (Lipinski definition) is 1. The average molecular weight is 310 g/mol. The predicted octanol–water partition coefficient (Wildman–Crippen LogP) is 4.39. The average Bonchev–Trinajstić information content (AvgIpc) is 2.51. The highest BCUT2D eigenvalue weighted by Gasteiger charge is 2.10. The summed E-state index contributed by atoms with van der Waals surface area (Å²) in [6.45, 7) is 6.71. The van der Waals surface area contributed by atoms with Crippen molar-refractivity contribution in [1.29, 1.82) is 0 Å². The zero-order valence-corrected chi connectivity index (χ0v) is 14.7. The number of thioether (sulfide) groups is 1. The highest BCUT2D eigenvalue weighted by Crippen LogP contribution is 2.19. The van der Waals surface area contributed by atoms with Crippen molar-refractivity contribution < 1.29 is 4.74 Å². The molecule has 120 valence electrons. The molecule has 1 aromatic rings. The Morgan fingerprint density at radius 2 is 2.14 bits per heavy atom. The highest BCUT2D eigenvalue weighted by molar-refractivity contribution is 7.99. The molecule has 0 saturated heterocycles. The van der Waals surface area contributed by atoms with Crippen molar-refractivity contribution in [2.24, 2.45) is 5.92 Å². The van der Waals surface area contributed by atoms with Crippen LogP contribution in [0.4, 0.5) is 0 Å². The van der Waals surface area contributed by atoms with Crippen molar-refractivity contribution in [3.8, 4) is 5.75 Å². The van der Waals surface area contributed by atoms with Crippen molar-refractivity contribution in [3.05, 3.63) is 29.8 Å². The van der Waals surface area contributed by atoms with Gasteiger partial charge in [-0.3, -0.25) is 0 Å². The van der Waals surface area contributed by atoms with Gasteiger partial charge in [0, 0.05) is 0 Å². The van der Waals surface area contributed by atoms with E-state index in [0.717, 1.165) is 31.2 Å². The quantitative estimate of drug-likeness (QED) is 0.579. The number of methoxy groups -OCH3 is 1. The lowest BCUT2D eigenvalue weighted by Gasteiger charge is -2.18. The summed E-state index contributed by atoms with van der Waals surface area (Å²) in [6.07, 6.45) is 4.98. The molecule has 1 atom stereocenters. The van der Waals surface area contributed by atoms with Gasteiger partial charge in [0.05, 0.1) is 7.11 Å². The smallest absolute Gasteiger partial charge is 0.119 e. The lowest BCUT2D eigenvalue weighted by molar-refractivity contribution is 0.411. The molecule has 0 aliphatic carbocycles. The van der Waals surface area contributed by atoms with Crippen molar-refractivity contribution in [2.75, 3.05) is 31.7 Å². The van der Waals surface area contributed by atoms with Crippen LogP contribution < -0.4 is 10.1 Å². The van der Waals surface area contributed by atoms with Crippen LogP contribution in [0.5, 0.6) is 5.75 Å². The van der Waals surface area contributed by atoms with E-state index in [0.29, 0.717) is 0 Å². The van der Waals surface area contributed by atoms with Gasteiger partial charge in [0.15, 0.2) is 0 Å².